The molecule has 0 radical (unpaired) electrons. The number of nitrogens with one attached hydrogen (secondary N) is 2. The van der Waals surface area contributed by atoms with Crippen molar-refractivity contribution in [2.24, 2.45) is 5.92 Å². The Bertz CT molecular complexity index is 438. The number of amides is 1. The number of carbonyl (C=O) groups is 1. The lowest BCUT2D eigenvalue weighted by Crippen LogP contribution is -2.39. The van der Waals surface area contributed by atoms with E-state index in [1.165, 1.54) is 11.1 Å². The van der Waals surface area contributed by atoms with Gasteiger partial charge >= 0.3 is 0 Å². The molecule has 1 amide bonds. The van der Waals surface area contributed by atoms with E-state index >= 15 is 0 Å². The van der Waals surface area contributed by atoms with Crippen molar-refractivity contribution in [1.82, 2.24) is 15.5 Å². The molecular formula is C17H31Cl2N3O. The van der Waals surface area contributed by atoms with Gasteiger partial charge in [-0.05, 0) is 38.7 Å². The molecule has 0 heterocycles. The van der Waals surface area contributed by atoms with E-state index in [-0.39, 0.29) is 42.7 Å². The summed E-state index contributed by atoms with van der Waals surface area (Å²) in [6.45, 7) is 5.42. The summed E-state index contributed by atoms with van der Waals surface area (Å²) in [7, 11) is 5.95. The lowest BCUT2D eigenvalue weighted by molar-refractivity contribution is -0.124. The number of halogens is 2. The fourth-order valence-corrected chi connectivity index (χ4v) is 2.34. The number of carbonyl (C=O) groups excluding carboxylic acids is 1. The van der Waals surface area contributed by atoms with Crippen LogP contribution in [-0.2, 0) is 11.2 Å². The van der Waals surface area contributed by atoms with Gasteiger partial charge in [-0.1, -0.05) is 38.1 Å². The standard InChI is InChI=1S/C17H29N3O.2ClH/c1-6-14-7-9-15(10-8-14)16(20(4)5)12-19-17(21)13(2)11-18-3;;/h7-10,13,16,18H,6,11-12H2,1-5H3,(H,19,21);2*1H. The Balaban J connectivity index is 0. The number of likely N-dealkylation sites (N-methyl/N-ethyl adjacent to an activating group) is 1. The van der Waals surface area contributed by atoms with Gasteiger partial charge in [-0.3, -0.25) is 4.79 Å². The van der Waals surface area contributed by atoms with Crippen LogP contribution >= 0.6 is 24.8 Å². The van der Waals surface area contributed by atoms with Gasteiger partial charge in [0.05, 0.1) is 6.04 Å². The molecule has 0 aromatic heterocycles. The van der Waals surface area contributed by atoms with E-state index < -0.39 is 0 Å². The Morgan fingerprint density at radius 3 is 2.13 bits per heavy atom. The third-order valence-electron chi connectivity index (χ3n) is 3.82. The van der Waals surface area contributed by atoms with Gasteiger partial charge in [0.15, 0.2) is 0 Å². The first-order valence-corrected chi connectivity index (χ1v) is 7.67. The van der Waals surface area contributed by atoms with E-state index in [0.29, 0.717) is 13.1 Å². The quantitative estimate of drug-likeness (QED) is 0.746. The fraction of sp³-hybridized carbons (Fsp3) is 0.588. The monoisotopic (exact) mass is 363 g/mol. The fourth-order valence-electron chi connectivity index (χ4n) is 2.34. The van der Waals surface area contributed by atoms with E-state index in [1.54, 1.807) is 0 Å². The third-order valence-corrected chi connectivity index (χ3v) is 3.82. The molecule has 2 N–H and O–H groups in total. The van der Waals surface area contributed by atoms with E-state index in [0.717, 1.165) is 6.42 Å². The molecule has 23 heavy (non-hydrogen) atoms. The molecule has 2 atom stereocenters. The first kappa shape index (κ1) is 24.4. The molecule has 4 nitrogen and oxygen atoms in total. The predicted molar refractivity (Wildman–Crippen MR) is 103 cm³/mol. The van der Waals surface area contributed by atoms with Gasteiger partial charge in [-0.2, -0.15) is 0 Å². The summed E-state index contributed by atoms with van der Waals surface area (Å²) in [5, 5.41) is 6.09. The minimum atomic E-state index is -0.0136. The van der Waals surface area contributed by atoms with Crippen LogP contribution in [-0.4, -0.2) is 45.0 Å². The lowest BCUT2D eigenvalue weighted by atomic mass is 10.0. The number of hydrogen-bond acceptors (Lipinski definition) is 3. The second-order valence-corrected chi connectivity index (χ2v) is 5.78. The number of hydrogen-bond donors (Lipinski definition) is 2. The normalized spacial score (nSPS) is 12.8. The number of rotatable bonds is 8. The third kappa shape index (κ3) is 8.02. The molecule has 1 aromatic carbocycles. The van der Waals surface area contributed by atoms with Gasteiger partial charge in [0.2, 0.25) is 5.91 Å². The molecule has 1 aromatic rings. The zero-order valence-electron chi connectivity index (χ0n) is 14.8. The maximum atomic E-state index is 12.0. The molecule has 134 valence electrons. The van der Waals surface area contributed by atoms with Crippen molar-refractivity contribution in [2.45, 2.75) is 26.3 Å². The molecule has 1 rings (SSSR count). The van der Waals surface area contributed by atoms with Crippen molar-refractivity contribution in [2.75, 3.05) is 34.2 Å². The second-order valence-electron chi connectivity index (χ2n) is 5.78. The number of nitrogens with zero attached hydrogens (tertiary/aromatic N) is 1. The molecule has 0 saturated carbocycles. The molecule has 2 unspecified atom stereocenters. The summed E-state index contributed by atoms with van der Waals surface area (Å²) in [4.78, 5) is 14.2. The van der Waals surface area contributed by atoms with Crippen LogP contribution in [0, 0.1) is 5.92 Å². The van der Waals surface area contributed by atoms with Gasteiger partial charge in [-0.25, -0.2) is 0 Å². The molecule has 0 aliphatic carbocycles. The Labute approximate surface area is 153 Å². The summed E-state index contributed by atoms with van der Waals surface area (Å²) < 4.78 is 0. The predicted octanol–water partition coefficient (Wildman–Crippen LogP) is 2.67. The smallest absolute Gasteiger partial charge is 0.224 e. The summed E-state index contributed by atoms with van der Waals surface area (Å²) in [5.74, 6) is 0.0849. The first-order valence-electron chi connectivity index (χ1n) is 7.67. The van der Waals surface area contributed by atoms with Crippen LogP contribution in [0.1, 0.15) is 31.0 Å². The van der Waals surface area contributed by atoms with Gasteiger partial charge in [0.25, 0.3) is 0 Å². The van der Waals surface area contributed by atoms with Crippen LogP contribution in [0.5, 0.6) is 0 Å². The van der Waals surface area contributed by atoms with Crippen LogP contribution in [0.3, 0.4) is 0 Å². The Kier molecular flexibility index (Phi) is 13.4. The van der Waals surface area contributed by atoms with Crippen molar-refractivity contribution in [3.8, 4) is 0 Å². The molecular weight excluding hydrogens is 333 g/mol. The van der Waals surface area contributed by atoms with Crippen LogP contribution in [0.15, 0.2) is 24.3 Å². The molecule has 0 spiro atoms. The zero-order valence-corrected chi connectivity index (χ0v) is 16.4. The maximum absolute atomic E-state index is 12.0. The second kappa shape index (κ2) is 12.6. The van der Waals surface area contributed by atoms with Crippen molar-refractivity contribution >= 4 is 30.7 Å². The highest BCUT2D eigenvalue weighted by Crippen LogP contribution is 2.18. The van der Waals surface area contributed by atoms with E-state index in [9.17, 15) is 4.79 Å². The van der Waals surface area contributed by atoms with Crippen molar-refractivity contribution in [3.05, 3.63) is 35.4 Å². The Morgan fingerprint density at radius 2 is 1.70 bits per heavy atom. The highest BCUT2D eigenvalue weighted by atomic mass is 35.5. The molecule has 0 aliphatic heterocycles. The van der Waals surface area contributed by atoms with E-state index in [2.05, 4.69) is 46.7 Å². The van der Waals surface area contributed by atoms with Crippen LogP contribution in [0.2, 0.25) is 0 Å². The number of benzene rings is 1. The van der Waals surface area contributed by atoms with Gasteiger partial charge in [0.1, 0.15) is 0 Å². The van der Waals surface area contributed by atoms with E-state index in [1.807, 2.05) is 28.1 Å². The van der Waals surface area contributed by atoms with Crippen molar-refractivity contribution in [1.29, 1.82) is 0 Å². The Hall–Kier alpha value is -0.810. The minimum absolute atomic E-state index is 0. The number of aryl methyl sites for hydroxylation is 1. The van der Waals surface area contributed by atoms with Gasteiger partial charge < -0.3 is 15.5 Å². The highest BCUT2D eigenvalue weighted by Gasteiger charge is 2.17. The average Bonchev–Trinajstić information content (AvgIpc) is 2.47. The SMILES string of the molecule is CCc1ccc(C(CNC(=O)C(C)CNC)N(C)C)cc1.Cl.Cl. The van der Waals surface area contributed by atoms with E-state index in [4.69, 9.17) is 0 Å². The maximum Gasteiger partial charge on any atom is 0.224 e. The molecule has 0 saturated heterocycles. The van der Waals surface area contributed by atoms with Crippen LogP contribution in [0.4, 0.5) is 0 Å². The average molecular weight is 364 g/mol. The molecule has 0 fully saturated rings. The summed E-state index contributed by atoms with van der Waals surface area (Å²) >= 11 is 0. The minimum Gasteiger partial charge on any atom is -0.354 e. The largest absolute Gasteiger partial charge is 0.354 e. The van der Waals surface area contributed by atoms with Gasteiger partial charge in [0, 0.05) is 19.0 Å². The van der Waals surface area contributed by atoms with Crippen LogP contribution in [0.25, 0.3) is 0 Å². The van der Waals surface area contributed by atoms with Crippen molar-refractivity contribution in [3.63, 3.8) is 0 Å². The highest BCUT2D eigenvalue weighted by molar-refractivity contribution is 5.85. The zero-order chi connectivity index (χ0) is 15.8. The summed E-state index contributed by atoms with van der Waals surface area (Å²) in [5.41, 5.74) is 2.57. The molecule has 6 heteroatoms. The lowest BCUT2D eigenvalue weighted by Gasteiger charge is -2.26. The first-order chi connectivity index (χ1) is 9.99. The topological polar surface area (TPSA) is 44.4 Å². The summed E-state index contributed by atoms with van der Waals surface area (Å²) in [6.07, 6.45) is 1.05. The van der Waals surface area contributed by atoms with Crippen molar-refractivity contribution < 1.29 is 4.79 Å². The summed E-state index contributed by atoms with van der Waals surface area (Å²) in [6, 6.07) is 8.84. The van der Waals surface area contributed by atoms with Crippen LogP contribution < -0.4 is 10.6 Å². The Morgan fingerprint density at radius 1 is 1.13 bits per heavy atom. The molecule has 0 aliphatic rings. The molecule has 0 bridgehead atoms. The van der Waals surface area contributed by atoms with Gasteiger partial charge in [-0.15, -0.1) is 24.8 Å².